The molecule has 5 heteroatoms. The minimum Gasteiger partial charge on any atom is -0.453 e. The molecular formula is C21H19N3OS. The van der Waals surface area contributed by atoms with Crippen molar-refractivity contribution < 1.29 is 4.42 Å². The van der Waals surface area contributed by atoms with Gasteiger partial charge in [0, 0.05) is 16.3 Å². The number of benzene rings is 2. The number of furan rings is 1. The van der Waals surface area contributed by atoms with Crippen LogP contribution in [0.15, 0.2) is 70.2 Å². The van der Waals surface area contributed by atoms with Crippen molar-refractivity contribution in [2.24, 2.45) is 0 Å². The van der Waals surface area contributed by atoms with E-state index in [1.807, 2.05) is 54.2 Å². The lowest BCUT2D eigenvalue weighted by atomic mass is 10.2. The van der Waals surface area contributed by atoms with Crippen LogP contribution in [-0.4, -0.2) is 20.0 Å². The van der Waals surface area contributed by atoms with Crippen LogP contribution in [0.25, 0.3) is 28.2 Å². The molecule has 2 aromatic heterocycles. The van der Waals surface area contributed by atoms with Crippen LogP contribution in [0.1, 0.15) is 25.7 Å². The topological polar surface area (TPSA) is 43.9 Å². The van der Waals surface area contributed by atoms with Crippen LogP contribution in [0.5, 0.6) is 0 Å². The van der Waals surface area contributed by atoms with Crippen LogP contribution in [0.2, 0.25) is 0 Å². The zero-order valence-electron chi connectivity index (χ0n) is 14.3. The Labute approximate surface area is 156 Å². The molecule has 0 N–H and O–H groups in total. The fraction of sp³-hybridized carbons (Fsp3) is 0.238. The molecule has 0 atom stereocenters. The van der Waals surface area contributed by atoms with Gasteiger partial charge in [-0.05, 0) is 37.1 Å². The van der Waals surface area contributed by atoms with Crippen molar-refractivity contribution in [3.05, 3.63) is 60.7 Å². The summed E-state index contributed by atoms with van der Waals surface area (Å²) in [7, 11) is 0. The summed E-state index contributed by atoms with van der Waals surface area (Å²) in [5.74, 6) is 1.51. The lowest BCUT2D eigenvalue weighted by Gasteiger charge is -2.11. The second kappa shape index (κ2) is 6.65. The molecule has 0 amide bonds. The van der Waals surface area contributed by atoms with E-state index < -0.39 is 0 Å². The fourth-order valence-electron chi connectivity index (χ4n) is 3.56. The third kappa shape index (κ3) is 2.82. The number of aromatic nitrogens is 3. The van der Waals surface area contributed by atoms with Gasteiger partial charge in [0.05, 0.1) is 0 Å². The molecule has 2 heterocycles. The highest BCUT2D eigenvalue weighted by molar-refractivity contribution is 7.99. The van der Waals surface area contributed by atoms with Gasteiger partial charge in [-0.2, -0.15) is 0 Å². The monoisotopic (exact) mass is 361 g/mol. The summed E-state index contributed by atoms with van der Waals surface area (Å²) in [6, 6.07) is 20.4. The maximum absolute atomic E-state index is 6.07. The van der Waals surface area contributed by atoms with Crippen LogP contribution in [-0.2, 0) is 0 Å². The van der Waals surface area contributed by atoms with Crippen LogP contribution in [0, 0.1) is 0 Å². The zero-order chi connectivity index (χ0) is 17.3. The highest BCUT2D eigenvalue weighted by Gasteiger charge is 2.23. The molecule has 0 spiro atoms. The van der Waals surface area contributed by atoms with E-state index >= 15 is 0 Å². The van der Waals surface area contributed by atoms with E-state index in [0.717, 1.165) is 33.4 Å². The first kappa shape index (κ1) is 15.7. The summed E-state index contributed by atoms with van der Waals surface area (Å²) in [4.78, 5) is 0. The Bertz CT molecular complexity index is 999. The van der Waals surface area contributed by atoms with Gasteiger partial charge in [0.2, 0.25) is 5.82 Å². The summed E-state index contributed by atoms with van der Waals surface area (Å²) in [5.41, 5.74) is 1.93. The minimum atomic E-state index is 0.630. The van der Waals surface area contributed by atoms with Gasteiger partial charge in [0.15, 0.2) is 10.9 Å². The first-order valence-electron chi connectivity index (χ1n) is 9.05. The van der Waals surface area contributed by atoms with Crippen molar-refractivity contribution in [3.8, 4) is 17.3 Å². The summed E-state index contributed by atoms with van der Waals surface area (Å²) < 4.78 is 8.19. The van der Waals surface area contributed by atoms with Crippen molar-refractivity contribution in [1.29, 1.82) is 0 Å². The quantitative estimate of drug-likeness (QED) is 0.466. The van der Waals surface area contributed by atoms with Crippen LogP contribution >= 0.6 is 11.8 Å². The lowest BCUT2D eigenvalue weighted by molar-refractivity contribution is 0.622. The van der Waals surface area contributed by atoms with Gasteiger partial charge in [-0.15, -0.1) is 10.2 Å². The van der Waals surface area contributed by atoms with Gasteiger partial charge in [0.1, 0.15) is 5.58 Å². The number of fused-ring (bicyclic) bond motifs is 1. The van der Waals surface area contributed by atoms with Crippen molar-refractivity contribution in [2.75, 3.05) is 0 Å². The molecule has 130 valence electrons. The van der Waals surface area contributed by atoms with Gasteiger partial charge in [-0.1, -0.05) is 61.0 Å². The van der Waals surface area contributed by atoms with Crippen molar-refractivity contribution in [1.82, 2.24) is 14.8 Å². The molecule has 0 radical (unpaired) electrons. The number of nitrogens with zero attached hydrogens (tertiary/aromatic N) is 3. The predicted octanol–water partition coefficient (Wildman–Crippen LogP) is 5.72. The SMILES string of the molecule is c1ccc(-n2c(SC3CCCC3)nnc2-c2cc3ccccc3o2)cc1. The van der Waals surface area contributed by atoms with E-state index in [9.17, 15) is 0 Å². The van der Waals surface area contributed by atoms with Crippen LogP contribution in [0.4, 0.5) is 0 Å². The number of thioether (sulfide) groups is 1. The predicted molar refractivity (Wildman–Crippen MR) is 105 cm³/mol. The van der Waals surface area contributed by atoms with E-state index in [-0.39, 0.29) is 0 Å². The van der Waals surface area contributed by atoms with E-state index in [2.05, 4.69) is 33.0 Å². The second-order valence-electron chi connectivity index (χ2n) is 6.65. The molecule has 0 aliphatic heterocycles. The second-order valence-corrected chi connectivity index (χ2v) is 7.92. The third-order valence-corrected chi connectivity index (χ3v) is 6.15. The Kier molecular flexibility index (Phi) is 4.02. The minimum absolute atomic E-state index is 0.630. The molecule has 0 unspecified atom stereocenters. The number of para-hydroxylation sites is 2. The number of hydrogen-bond acceptors (Lipinski definition) is 4. The van der Waals surface area contributed by atoms with Crippen molar-refractivity contribution in [3.63, 3.8) is 0 Å². The van der Waals surface area contributed by atoms with E-state index in [4.69, 9.17) is 4.42 Å². The smallest absolute Gasteiger partial charge is 0.205 e. The first-order chi connectivity index (χ1) is 12.9. The van der Waals surface area contributed by atoms with Gasteiger partial charge in [-0.25, -0.2) is 0 Å². The highest BCUT2D eigenvalue weighted by atomic mass is 32.2. The van der Waals surface area contributed by atoms with Crippen LogP contribution < -0.4 is 0 Å². The molecule has 2 aromatic carbocycles. The summed E-state index contributed by atoms with van der Waals surface area (Å²) in [5, 5.41) is 11.7. The molecule has 0 saturated heterocycles. The molecule has 5 rings (SSSR count). The van der Waals surface area contributed by atoms with Gasteiger partial charge >= 0.3 is 0 Å². The molecule has 1 fully saturated rings. The molecule has 1 aliphatic rings. The molecular weight excluding hydrogens is 342 g/mol. The maximum Gasteiger partial charge on any atom is 0.205 e. The fourth-order valence-corrected chi connectivity index (χ4v) is 4.82. The molecule has 0 bridgehead atoms. The van der Waals surface area contributed by atoms with Gasteiger partial charge < -0.3 is 4.42 Å². The summed E-state index contributed by atoms with van der Waals surface area (Å²) >= 11 is 1.84. The molecule has 1 aliphatic carbocycles. The Hall–Kier alpha value is -2.53. The van der Waals surface area contributed by atoms with Gasteiger partial charge in [-0.3, -0.25) is 4.57 Å². The Balaban J connectivity index is 1.63. The summed E-state index contributed by atoms with van der Waals surface area (Å²) in [6.45, 7) is 0. The summed E-state index contributed by atoms with van der Waals surface area (Å²) in [6.07, 6.45) is 5.14. The van der Waals surface area contributed by atoms with Crippen molar-refractivity contribution >= 4 is 22.7 Å². The third-order valence-electron chi connectivity index (χ3n) is 4.87. The van der Waals surface area contributed by atoms with Crippen molar-refractivity contribution in [2.45, 2.75) is 36.1 Å². The zero-order valence-corrected chi connectivity index (χ0v) is 15.2. The largest absolute Gasteiger partial charge is 0.453 e. The average molecular weight is 361 g/mol. The van der Waals surface area contributed by atoms with Crippen LogP contribution in [0.3, 0.4) is 0 Å². The number of rotatable bonds is 4. The molecule has 26 heavy (non-hydrogen) atoms. The van der Waals surface area contributed by atoms with Gasteiger partial charge in [0.25, 0.3) is 0 Å². The molecule has 1 saturated carbocycles. The van der Waals surface area contributed by atoms with E-state index in [1.165, 1.54) is 25.7 Å². The normalized spacial score (nSPS) is 15.1. The molecule has 4 nitrogen and oxygen atoms in total. The maximum atomic E-state index is 6.07. The lowest BCUT2D eigenvalue weighted by Crippen LogP contribution is -2.02. The standard InChI is InChI=1S/C21H19N3OS/c1-2-9-16(10-3-1)24-20(19-14-15-8-4-7-13-18(15)25-19)22-23-21(24)26-17-11-5-6-12-17/h1-4,7-10,13-14,17H,5-6,11-12H2. The highest BCUT2D eigenvalue weighted by Crippen LogP contribution is 2.37. The Morgan fingerprint density at radius 2 is 1.69 bits per heavy atom. The van der Waals surface area contributed by atoms with E-state index in [1.54, 1.807) is 0 Å². The average Bonchev–Trinajstić information content (AvgIpc) is 3.42. The number of hydrogen-bond donors (Lipinski definition) is 0. The Morgan fingerprint density at radius 1 is 0.923 bits per heavy atom. The first-order valence-corrected chi connectivity index (χ1v) is 9.93. The van der Waals surface area contributed by atoms with E-state index in [0.29, 0.717) is 5.25 Å². The molecule has 4 aromatic rings. The Morgan fingerprint density at radius 3 is 2.50 bits per heavy atom.